The maximum Gasteiger partial charge on any atom is 0.206 e. The number of hydrogen-bond donors (Lipinski definition) is 1. The highest BCUT2D eigenvalue weighted by Crippen LogP contribution is 2.24. The standard InChI is InChI=1S/C12H11N3S/c1-2-13-12-14-7-9-8-5-3-4-6-10(8)15-11(9)16-12/h3-7,15H,2H2,1H3. The van der Waals surface area contributed by atoms with E-state index >= 15 is 0 Å². The number of aromatic amines is 1. The molecule has 0 bridgehead atoms. The van der Waals surface area contributed by atoms with Crippen LogP contribution < -0.4 is 4.80 Å². The van der Waals surface area contributed by atoms with E-state index in [-0.39, 0.29) is 0 Å². The van der Waals surface area contributed by atoms with Crippen molar-refractivity contribution in [2.45, 2.75) is 6.92 Å². The van der Waals surface area contributed by atoms with Gasteiger partial charge in [0.2, 0.25) is 4.80 Å². The summed E-state index contributed by atoms with van der Waals surface area (Å²) in [6.45, 7) is 2.79. The Kier molecular flexibility index (Phi) is 2.22. The molecule has 0 aliphatic carbocycles. The van der Waals surface area contributed by atoms with Crippen LogP contribution in [0.1, 0.15) is 6.92 Å². The molecule has 2 heterocycles. The predicted molar refractivity (Wildman–Crippen MR) is 67.6 cm³/mol. The Morgan fingerprint density at radius 2 is 2.19 bits per heavy atom. The summed E-state index contributed by atoms with van der Waals surface area (Å²) >= 11 is 1.60. The number of benzene rings is 1. The molecule has 0 aliphatic heterocycles. The van der Waals surface area contributed by atoms with E-state index < -0.39 is 0 Å². The van der Waals surface area contributed by atoms with E-state index in [4.69, 9.17) is 0 Å². The summed E-state index contributed by atoms with van der Waals surface area (Å²) in [4.78, 5) is 14.0. The van der Waals surface area contributed by atoms with Crippen LogP contribution in [0.4, 0.5) is 0 Å². The Labute approximate surface area is 96.5 Å². The minimum atomic E-state index is 0.773. The van der Waals surface area contributed by atoms with E-state index in [0.717, 1.165) is 21.7 Å². The van der Waals surface area contributed by atoms with Crippen LogP contribution in [0, 0.1) is 0 Å². The topological polar surface area (TPSA) is 41.0 Å². The number of hydrogen-bond acceptors (Lipinski definition) is 3. The van der Waals surface area contributed by atoms with Gasteiger partial charge in [0.05, 0.1) is 0 Å². The summed E-state index contributed by atoms with van der Waals surface area (Å²) in [6, 6.07) is 8.27. The lowest BCUT2D eigenvalue weighted by atomic mass is 10.2. The van der Waals surface area contributed by atoms with E-state index in [0.29, 0.717) is 0 Å². The minimum absolute atomic E-state index is 0.773. The Morgan fingerprint density at radius 1 is 1.31 bits per heavy atom. The van der Waals surface area contributed by atoms with Gasteiger partial charge in [0.1, 0.15) is 4.83 Å². The van der Waals surface area contributed by atoms with Gasteiger partial charge in [-0.2, -0.15) is 0 Å². The maximum absolute atomic E-state index is 4.35. The summed E-state index contributed by atoms with van der Waals surface area (Å²) in [5, 5.41) is 2.40. The largest absolute Gasteiger partial charge is 0.346 e. The van der Waals surface area contributed by atoms with Crippen molar-refractivity contribution in [3.05, 3.63) is 35.3 Å². The van der Waals surface area contributed by atoms with Gasteiger partial charge in [-0.15, -0.1) is 0 Å². The van der Waals surface area contributed by atoms with Crippen molar-refractivity contribution < 1.29 is 0 Å². The van der Waals surface area contributed by atoms with Crippen molar-refractivity contribution in [3.8, 4) is 0 Å². The normalized spacial score (nSPS) is 12.7. The van der Waals surface area contributed by atoms with Crippen molar-refractivity contribution in [2.75, 3.05) is 6.54 Å². The van der Waals surface area contributed by atoms with Crippen molar-refractivity contribution >= 4 is 32.5 Å². The number of fused-ring (bicyclic) bond motifs is 3. The summed E-state index contributed by atoms with van der Waals surface area (Å²) in [5.41, 5.74) is 1.16. The summed E-state index contributed by atoms with van der Waals surface area (Å²) in [5.74, 6) is 0. The third-order valence-electron chi connectivity index (χ3n) is 2.50. The second kappa shape index (κ2) is 3.72. The van der Waals surface area contributed by atoms with Crippen molar-refractivity contribution in [1.82, 2.24) is 9.97 Å². The Balaban J connectivity index is 2.41. The lowest BCUT2D eigenvalue weighted by Gasteiger charge is -1.88. The Bertz CT molecular complexity index is 709. The number of rotatable bonds is 1. The lowest BCUT2D eigenvalue weighted by molar-refractivity contribution is 1.04. The third kappa shape index (κ3) is 1.42. The van der Waals surface area contributed by atoms with Crippen molar-refractivity contribution in [3.63, 3.8) is 0 Å². The minimum Gasteiger partial charge on any atom is -0.346 e. The van der Waals surface area contributed by atoms with Crippen LogP contribution in [-0.4, -0.2) is 16.5 Å². The van der Waals surface area contributed by atoms with Gasteiger partial charge in [0.25, 0.3) is 0 Å². The monoisotopic (exact) mass is 229 g/mol. The van der Waals surface area contributed by atoms with Crippen LogP contribution in [0.25, 0.3) is 21.1 Å². The molecule has 0 radical (unpaired) electrons. The van der Waals surface area contributed by atoms with Crippen molar-refractivity contribution in [1.29, 1.82) is 0 Å². The number of aromatic nitrogens is 2. The second-order valence-electron chi connectivity index (χ2n) is 3.53. The van der Waals surface area contributed by atoms with E-state index in [1.54, 1.807) is 11.3 Å². The van der Waals surface area contributed by atoms with Gasteiger partial charge < -0.3 is 4.98 Å². The quantitative estimate of drug-likeness (QED) is 0.684. The van der Waals surface area contributed by atoms with Crippen LogP contribution in [-0.2, 0) is 0 Å². The molecule has 1 aromatic carbocycles. The van der Waals surface area contributed by atoms with Gasteiger partial charge in [-0.3, -0.25) is 4.99 Å². The van der Waals surface area contributed by atoms with Gasteiger partial charge in [-0.25, -0.2) is 4.98 Å². The maximum atomic E-state index is 4.35. The highest BCUT2D eigenvalue weighted by Gasteiger charge is 2.03. The molecular formula is C12H11N3S. The number of para-hydroxylation sites is 1. The van der Waals surface area contributed by atoms with E-state index in [9.17, 15) is 0 Å². The zero-order valence-corrected chi connectivity index (χ0v) is 9.71. The fourth-order valence-electron chi connectivity index (χ4n) is 1.79. The molecular weight excluding hydrogens is 218 g/mol. The average molecular weight is 229 g/mol. The van der Waals surface area contributed by atoms with Gasteiger partial charge in [0.15, 0.2) is 0 Å². The molecule has 4 heteroatoms. The molecule has 0 amide bonds. The highest BCUT2D eigenvalue weighted by atomic mass is 32.1. The first kappa shape index (κ1) is 9.54. The van der Waals surface area contributed by atoms with Gasteiger partial charge in [0, 0.05) is 29.0 Å². The summed E-state index contributed by atoms with van der Waals surface area (Å²) in [7, 11) is 0. The molecule has 0 spiro atoms. The van der Waals surface area contributed by atoms with E-state index in [1.165, 1.54) is 10.8 Å². The second-order valence-corrected chi connectivity index (χ2v) is 4.51. The lowest BCUT2D eigenvalue weighted by Crippen LogP contribution is -2.01. The van der Waals surface area contributed by atoms with E-state index in [2.05, 4.69) is 27.1 Å². The molecule has 0 saturated heterocycles. The van der Waals surface area contributed by atoms with Crippen LogP contribution >= 0.6 is 11.3 Å². The molecule has 1 N–H and O–H groups in total. The fraction of sp³-hybridized carbons (Fsp3) is 0.167. The molecule has 16 heavy (non-hydrogen) atoms. The SMILES string of the molecule is CCN=c1ncc2c([nH]c3ccccc32)s1. The molecule has 2 aromatic heterocycles. The first-order valence-electron chi connectivity index (χ1n) is 5.25. The fourth-order valence-corrected chi connectivity index (χ4v) is 2.71. The summed E-state index contributed by atoms with van der Waals surface area (Å²) < 4.78 is 0. The van der Waals surface area contributed by atoms with Gasteiger partial charge in [-0.05, 0) is 13.0 Å². The average Bonchev–Trinajstić information content (AvgIpc) is 2.67. The van der Waals surface area contributed by atoms with Crippen LogP contribution in [0.3, 0.4) is 0 Å². The zero-order valence-electron chi connectivity index (χ0n) is 8.90. The number of nitrogens with one attached hydrogen (secondary N) is 1. The molecule has 0 unspecified atom stereocenters. The van der Waals surface area contributed by atoms with Crippen LogP contribution in [0.15, 0.2) is 35.5 Å². The van der Waals surface area contributed by atoms with Gasteiger partial charge in [-0.1, -0.05) is 29.5 Å². The van der Waals surface area contributed by atoms with Crippen LogP contribution in [0.5, 0.6) is 0 Å². The first-order chi connectivity index (χ1) is 7.88. The van der Waals surface area contributed by atoms with Crippen LogP contribution in [0.2, 0.25) is 0 Å². The Morgan fingerprint density at radius 3 is 3.06 bits per heavy atom. The predicted octanol–water partition coefficient (Wildman–Crippen LogP) is 2.70. The van der Waals surface area contributed by atoms with E-state index in [1.807, 2.05) is 25.3 Å². The molecule has 3 rings (SSSR count). The molecule has 0 fully saturated rings. The van der Waals surface area contributed by atoms with Gasteiger partial charge >= 0.3 is 0 Å². The van der Waals surface area contributed by atoms with Crippen molar-refractivity contribution in [2.24, 2.45) is 4.99 Å². The molecule has 0 atom stereocenters. The molecule has 80 valence electrons. The molecule has 0 saturated carbocycles. The first-order valence-corrected chi connectivity index (χ1v) is 6.07. The molecule has 3 nitrogen and oxygen atoms in total. The highest BCUT2D eigenvalue weighted by molar-refractivity contribution is 7.15. The third-order valence-corrected chi connectivity index (χ3v) is 3.44. The number of nitrogens with zero attached hydrogens (tertiary/aromatic N) is 2. The zero-order chi connectivity index (χ0) is 11.0. The summed E-state index contributed by atoms with van der Waals surface area (Å²) in [6.07, 6.45) is 1.90. The molecule has 0 aliphatic rings. The Hall–Kier alpha value is -1.68. The molecule has 3 aromatic rings. The smallest absolute Gasteiger partial charge is 0.206 e. The number of H-pyrrole nitrogens is 1.